The lowest BCUT2D eigenvalue weighted by Gasteiger charge is -2.19. The molecule has 4 heteroatoms. The first-order valence-electron chi connectivity index (χ1n) is 11.1. The lowest BCUT2D eigenvalue weighted by molar-refractivity contribution is -0.117. The Hall–Kier alpha value is -3.40. The van der Waals surface area contributed by atoms with Crippen LogP contribution in [0, 0.1) is 6.92 Å². The number of carbonyl (C=O) groups is 2. The SMILES string of the molecule is CC(=O)CCc1cccc(C)c1/C=C(\C)C(=O)N1C[C@@H](C)c2c1cc(O)c1ccccc21. The number of Topliss-reactive ketones (excluding diaryl/α,β-unsaturated/α-hetero) is 1. The first kappa shape index (κ1) is 21.8. The summed E-state index contributed by atoms with van der Waals surface area (Å²) >= 11 is 0. The molecule has 0 bridgehead atoms. The average Bonchev–Trinajstić information content (AvgIpc) is 3.09. The van der Waals surface area contributed by atoms with Crippen LogP contribution in [-0.4, -0.2) is 23.3 Å². The largest absolute Gasteiger partial charge is 0.507 e. The number of nitrogens with zero attached hydrogens (tertiary/aromatic N) is 1. The standard InChI is InChI=1S/C28H29NO3/c1-17-8-7-9-21(13-12-20(4)30)24(17)14-18(2)28(32)29-16-19(3)27-23-11-6-5-10-22(23)26(31)15-25(27)29/h5-11,14-15,19,31H,12-13,16H2,1-4H3/b18-14+/t19-/m1/s1. The van der Waals surface area contributed by atoms with Gasteiger partial charge in [0.05, 0.1) is 5.69 Å². The molecule has 1 amide bonds. The van der Waals surface area contributed by atoms with E-state index in [2.05, 4.69) is 6.92 Å². The summed E-state index contributed by atoms with van der Waals surface area (Å²) in [5.74, 6) is 0.463. The van der Waals surface area contributed by atoms with E-state index < -0.39 is 0 Å². The second-order valence-corrected chi connectivity index (χ2v) is 8.87. The van der Waals surface area contributed by atoms with E-state index in [9.17, 15) is 14.7 Å². The summed E-state index contributed by atoms with van der Waals surface area (Å²) in [6, 6.07) is 15.6. The van der Waals surface area contributed by atoms with Crippen molar-refractivity contribution in [1.82, 2.24) is 0 Å². The maximum atomic E-state index is 13.5. The second kappa shape index (κ2) is 8.62. The topological polar surface area (TPSA) is 57.6 Å². The van der Waals surface area contributed by atoms with Gasteiger partial charge >= 0.3 is 0 Å². The summed E-state index contributed by atoms with van der Waals surface area (Å²) in [5, 5.41) is 12.4. The number of hydrogen-bond acceptors (Lipinski definition) is 3. The van der Waals surface area contributed by atoms with E-state index in [4.69, 9.17) is 0 Å². The number of hydrogen-bond donors (Lipinski definition) is 1. The molecule has 0 aromatic heterocycles. The van der Waals surface area contributed by atoms with Gasteiger partial charge in [0.15, 0.2) is 0 Å². The first-order chi connectivity index (χ1) is 15.3. The fraction of sp³-hybridized carbons (Fsp3) is 0.286. The van der Waals surface area contributed by atoms with E-state index in [0.29, 0.717) is 25.0 Å². The van der Waals surface area contributed by atoms with Gasteiger partial charge in [-0.3, -0.25) is 4.79 Å². The van der Waals surface area contributed by atoms with Gasteiger partial charge in [-0.1, -0.05) is 49.4 Å². The Labute approximate surface area is 189 Å². The Bertz CT molecular complexity index is 1260. The number of phenolic OH excluding ortho intramolecular Hbond substituents is 1. The third kappa shape index (κ3) is 3.93. The van der Waals surface area contributed by atoms with Gasteiger partial charge in [-0.25, -0.2) is 0 Å². The van der Waals surface area contributed by atoms with Crippen LogP contribution in [0.15, 0.2) is 54.1 Å². The first-order valence-corrected chi connectivity index (χ1v) is 11.1. The van der Waals surface area contributed by atoms with Crippen molar-refractivity contribution in [2.75, 3.05) is 11.4 Å². The minimum absolute atomic E-state index is 0.0638. The van der Waals surface area contributed by atoms with E-state index in [1.54, 1.807) is 17.9 Å². The van der Waals surface area contributed by atoms with Gasteiger partial charge in [0.25, 0.3) is 5.91 Å². The molecule has 0 fully saturated rings. The van der Waals surface area contributed by atoms with Crippen LogP contribution in [0.25, 0.3) is 16.8 Å². The third-order valence-electron chi connectivity index (χ3n) is 6.39. The molecule has 0 saturated heterocycles. The molecule has 0 aliphatic carbocycles. The summed E-state index contributed by atoms with van der Waals surface area (Å²) in [6.45, 7) is 8.17. The molecular formula is C28H29NO3. The molecule has 4 rings (SSSR count). The van der Waals surface area contributed by atoms with E-state index >= 15 is 0 Å². The van der Waals surface area contributed by atoms with Gasteiger partial charge < -0.3 is 14.8 Å². The molecular weight excluding hydrogens is 398 g/mol. The van der Waals surface area contributed by atoms with Gasteiger partial charge in [-0.15, -0.1) is 0 Å². The molecule has 164 valence electrons. The highest BCUT2D eigenvalue weighted by molar-refractivity contribution is 6.11. The number of phenols is 1. The predicted molar refractivity (Wildman–Crippen MR) is 130 cm³/mol. The number of ketones is 1. The van der Waals surface area contributed by atoms with Crippen molar-refractivity contribution >= 4 is 34.2 Å². The molecule has 1 aliphatic heterocycles. The van der Waals surface area contributed by atoms with Gasteiger partial charge in [0, 0.05) is 35.9 Å². The fourth-order valence-electron chi connectivity index (χ4n) is 4.73. The van der Waals surface area contributed by atoms with E-state index in [0.717, 1.165) is 38.7 Å². The van der Waals surface area contributed by atoms with Gasteiger partial charge in [0.2, 0.25) is 0 Å². The third-order valence-corrected chi connectivity index (χ3v) is 6.39. The lowest BCUT2D eigenvalue weighted by Crippen LogP contribution is -2.30. The van der Waals surface area contributed by atoms with Crippen LogP contribution in [0.1, 0.15) is 55.4 Å². The maximum absolute atomic E-state index is 13.5. The zero-order valence-electron chi connectivity index (χ0n) is 19.1. The highest BCUT2D eigenvalue weighted by Gasteiger charge is 2.32. The average molecular weight is 428 g/mol. The normalized spacial score (nSPS) is 15.8. The molecule has 1 N–H and O–H groups in total. The zero-order chi connectivity index (χ0) is 23.0. The van der Waals surface area contributed by atoms with Crippen LogP contribution < -0.4 is 4.90 Å². The van der Waals surface area contributed by atoms with Crippen molar-refractivity contribution in [3.05, 3.63) is 76.4 Å². The molecule has 0 saturated carbocycles. The van der Waals surface area contributed by atoms with Crippen molar-refractivity contribution in [2.45, 2.75) is 46.5 Å². The summed E-state index contributed by atoms with van der Waals surface area (Å²) in [6.07, 6.45) is 3.09. The molecule has 32 heavy (non-hydrogen) atoms. The van der Waals surface area contributed by atoms with E-state index in [-0.39, 0.29) is 23.4 Å². The number of fused-ring (bicyclic) bond motifs is 3. The van der Waals surface area contributed by atoms with Gasteiger partial charge in [0.1, 0.15) is 11.5 Å². The van der Waals surface area contributed by atoms with Crippen molar-refractivity contribution in [2.24, 2.45) is 0 Å². The minimum Gasteiger partial charge on any atom is -0.507 e. The Balaban J connectivity index is 1.72. The van der Waals surface area contributed by atoms with Crippen LogP contribution in [-0.2, 0) is 16.0 Å². The molecule has 1 heterocycles. The molecule has 4 nitrogen and oxygen atoms in total. The Kier molecular flexibility index (Phi) is 5.88. The fourth-order valence-corrected chi connectivity index (χ4v) is 4.73. The van der Waals surface area contributed by atoms with Crippen molar-refractivity contribution in [3.8, 4) is 5.75 Å². The van der Waals surface area contributed by atoms with Crippen LogP contribution in [0.2, 0.25) is 0 Å². The smallest absolute Gasteiger partial charge is 0.253 e. The summed E-state index contributed by atoms with van der Waals surface area (Å²) in [4.78, 5) is 26.8. The quantitative estimate of drug-likeness (QED) is 0.514. The van der Waals surface area contributed by atoms with Crippen molar-refractivity contribution in [3.63, 3.8) is 0 Å². The molecule has 1 atom stereocenters. The summed E-state index contributed by atoms with van der Waals surface area (Å²) in [5.41, 5.74) is 5.69. The lowest BCUT2D eigenvalue weighted by atomic mass is 9.95. The number of aryl methyl sites for hydroxylation is 2. The number of rotatable bonds is 5. The molecule has 3 aromatic rings. The summed E-state index contributed by atoms with van der Waals surface area (Å²) < 4.78 is 0. The highest BCUT2D eigenvalue weighted by atomic mass is 16.3. The van der Waals surface area contributed by atoms with E-state index in [1.165, 1.54) is 0 Å². The Morgan fingerprint density at radius 2 is 1.81 bits per heavy atom. The van der Waals surface area contributed by atoms with Crippen molar-refractivity contribution < 1.29 is 14.7 Å². The highest BCUT2D eigenvalue weighted by Crippen LogP contribution is 2.45. The Morgan fingerprint density at radius 1 is 1.09 bits per heavy atom. The van der Waals surface area contributed by atoms with E-state index in [1.807, 2.05) is 62.4 Å². The van der Waals surface area contributed by atoms with Crippen LogP contribution in [0.3, 0.4) is 0 Å². The number of carbonyl (C=O) groups excluding carboxylic acids is 2. The molecule has 3 aromatic carbocycles. The number of benzene rings is 3. The van der Waals surface area contributed by atoms with Crippen LogP contribution in [0.4, 0.5) is 5.69 Å². The van der Waals surface area contributed by atoms with Crippen LogP contribution in [0.5, 0.6) is 5.75 Å². The van der Waals surface area contributed by atoms with Gasteiger partial charge in [-0.2, -0.15) is 0 Å². The molecule has 0 spiro atoms. The van der Waals surface area contributed by atoms with Gasteiger partial charge in [-0.05, 0) is 60.9 Å². The zero-order valence-corrected chi connectivity index (χ0v) is 19.1. The Morgan fingerprint density at radius 3 is 2.53 bits per heavy atom. The molecule has 1 aliphatic rings. The monoisotopic (exact) mass is 427 g/mol. The molecule has 0 unspecified atom stereocenters. The number of aromatic hydroxyl groups is 1. The number of amides is 1. The number of anilines is 1. The second-order valence-electron chi connectivity index (χ2n) is 8.87. The predicted octanol–water partition coefficient (Wildman–Crippen LogP) is 5.93. The van der Waals surface area contributed by atoms with Crippen LogP contribution >= 0.6 is 0 Å². The molecule has 0 radical (unpaired) electrons. The maximum Gasteiger partial charge on any atom is 0.253 e. The summed E-state index contributed by atoms with van der Waals surface area (Å²) in [7, 11) is 0. The minimum atomic E-state index is -0.0638. The van der Waals surface area contributed by atoms with Crippen molar-refractivity contribution in [1.29, 1.82) is 0 Å².